The first-order chi connectivity index (χ1) is 18.0. The molecule has 4 rings (SSSR count). The van der Waals surface area contributed by atoms with Gasteiger partial charge in [-0.3, -0.25) is 14.9 Å². The summed E-state index contributed by atoms with van der Waals surface area (Å²) in [5.74, 6) is 0.355. The molecule has 2 N–H and O–H groups in total. The van der Waals surface area contributed by atoms with Crippen LogP contribution in [0.15, 0.2) is 35.9 Å². The van der Waals surface area contributed by atoms with Gasteiger partial charge in [0.25, 0.3) is 0 Å². The molecule has 2 fully saturated rings. The van der Waals surface area contributed by atoms with Crippen molar-refractivity contribution in [1.29, 1.82) is 0 Å². The number of carbonyl (C=O) groups excluding carboxylic acids is 2. The molecule has 9 nitrogen and oxygen atoms in total. The molecule has 0 aromatic heterocycles. The molecule has 4 unspecified atom stereocenters. The van der Waals surface area contributed by atoms with Crippen LogP contribution in [0.25, 0.3) is 0 Å². The van der Waals surface area contributed by atoms with Gasteiger partial charge in [-0.25, -0.2) is 10.3 Å². The molecule has 3 aliphatic heterocycles. The Morgan fingerprint density at radius 3 is 2.76 bits per heavy atom. The maximum atomic E-state index is 13.2. The summed E-state index contributed by atoms with van der Waals surface area (Å²) in [6.45, 7) is 6.04. The van der Waals surface area contributed by atoms with Gasteiger partial charge in [0.15, 0.2) is 5.72 Å². The van der Waals surface area contributed by atoms with Gasteiger partial charge in [-0.1, -0.05) is 42.3 Å². The molecule has 3 aliphatic rings. The summed E-state index contributed by atoms with van der Waals surface area (Å²) in [5.41, 5.74) is 3.96. The van der Waals surface area contributed by atoms with Crippen molar-refractivity contribution in [3.63, 3.8) is 0 Å². The Bertz CT molecular complexity index is 1140. The number of hydrogen-bond acceptors (Lipinski definition) is 7. The molecule has 4 bridgehead atoms. The number of hydroxylamine groups is 1. The molecule has 1 aromatic carbocycles. The Morgan fingerprint density at radius 1 is 1.29 bits per heavy atom. The number of allylic oxidation sites excluding steroid dienone is 3. The molecule has 2 saturated heterocycles. The smallest absolute Gasteiger partial charge is 0.409 e. The molecule has 0 spiro atoms. The summed E-state index contributed by atoms with van der Waals surface area (Å²) in [4.78, 5) is 33.3. The van der Waals surface area contributed by atoms with E-state index < -0.39 is 23.5 Å². The fraction of sp³-hybridized carbons (Fsp3) is 0.571. The second-order valence-electron chi connectivity index (χ2n) is 10.7. The van der Waals surface area contributed by atoms with Crippen LogP contribution in [-0.4, -0.2) is 56.7 Å². The molecule has 0 saturated carbocycles. The first-order valence-electron chi connectivity index (χ1n) is 13.0. The van der Waals surface area contributed by atoms with Crippen molar-refractivity contribution >= 4 is 29.3 Å². The van der Waals surface area contributed by atoms with Gasteiger partial charge in [0.1, 0.15) is 16.9 Å². The summed E-state index contributed by atoms with van der Waals surface area (Å²) >= 11 is 6.62. The number of rotatable bonds is 3. The van der Waals surface area contributed by atoms with Gasteiger partial charge in [0, 0.05) is 39.3 Å². The molecule has 10 heteroatoms. The average Bonchev–Trinajstić information content (AvgIpc) is 3.55. The number of nitrogens with one attached hydrogen (secondary N) is 2. The summed E-state index contributed by atoms with van der Waals surface area (Å²) in [6, 6.07) is 3.83. The number of epoxide rings is 1. The summed E-state index contributed by atoms with van der Waals surface area (Å²) in [7, 11) is 4.96. The Labute approximate surface area is 229 Å². The van der Waals surface area contributed by atoms with Crippen LogP contribution in [0.3, 0.4) is 0 Å². The van der Waals surface area contributed by atoms with E-state index in [1.165, 1.54) is 0 Å². The second kappa shape index (κ2) is 11.3. The zero-order chi connectivity index (χ0) is 27.7. The molecular formula is C28H38ClN3O6. The third-order valence-corrected chi connectivity index (χ3v) is 8.12. The van der Waals surface area contributed by atoms with Crippen molar-refractivity contribution in [2.75, 3.05) is 26.1 Å². The van der Waals surface area contributed by atoms with Gasteiger partial charge in [-0.15, -0.1) is 0 Å². The normalized spacial score (nSPS) is 34.3. The maximum Gasteiger partial charge on any atom is 0.409 e. The molecule has 0 radical (unpaired) electrons. The van der Waals surface area contributed by atoms with Gasteiger partial charge < -0.3 is 19.1 Å². The zero-order valence-corrected chi connectivity index (χ0v) is 23.7. The van der Waals surface area contributed by atoms with Crippen LogP contribution in [0.5, 0.6) is 5.75 Å². The van der Waals surface area contributed by atoms with E-state index in [9.17, 15) is 9.59 Å². The molecule has 3 heterocycles. The minimum Gasteiger partial charge on any atom is -0.495 e. The molecule has 2 amide bonds. The quantitative estimate of drug-likeness (QED) is 0.418. The number of fused-ring (bicyclic) bond motifs is 5. The minimum atomic E-state index is -0.966. The minimum absolute atomic E-state index is 0.0722. The standard InChI is InChI=1S/C28H38ClN3O6/c1-17-9-7-8-11-28(38-30-4)16-22(36-26(34)31-28)18(2)25-27(3,37-25)12-10-23(33)32(5)20-14-19(13-17)15-21(35-6)24(20)29/h7-9,14-15,18,22,25,30H,10-13,16H2,1-6H3,(H,31,34)/b8-7+,17-9+/t18?,22?,25?,27?,28-/m0/s1. The van der Waals surface area contributed by atoms with Crippen LogP contribution in [-0.2, 0) is 25.5 Å². The highest BCUT2D eigenvalue weighted by Gasteiger charge is 2.58. The van der Waals surface area contributed by atoms with Gasteiger partial charge in [0.05, 0.1) is 24.5 Å². The number of benzene rings is 1. The van der Waals surface area contributed by atoms with Crippen LogP contribution in [0.1, 0.15) is 52.0 Å². The van der Waals surface area contributed by atoms with Crippen molar-refractivity contribution in [3.8, 4) is 5.75 Å². The highest BCUT2D eigenvalue weighted by atomic mass is 35.5. The number of nitrogens with zero attached hydrogens (tertiary/aromatic N) is 1. The fourth-order valence-corrected chi connectivity index (χ4v) is 5.79. The van der Waals surface area contributed by atoms with Gasteiger partial charge in [-0.2, -0.15) is 0 Å². The summed E-state index contributed by atoms with van der Waals surface area (Å²) < 4.78 is 17.3. The number of alkyl carbamates (subject to hydrolysis) is 1. The van der Waals surface area contributed by atoms with E-state index in [2.05, 4.69) is 10.8 Å². The van der Waals surface area contributed by atoms with Crippen LogP contribution in [0.4, 0.5) is 10.5 Å². The lowest BCUT2D eigenvalue weighted by molar-refractivity contribution is -0.159. The van der Waals surface area contributed by atoms with Crippen molar-refractivity contribution in [2.45, 2.75) is 76.4 Å². The lowest BCUT2D eigenvalue weighted by Crippen LogP contribution is -2.60. The third-order valence-electron chi connectivity index (χ3n) is 7.74. The number of halogens is 1. The first-order valence-corrected chi connectivity index (χ1v) is 13.4. The van der Waals surface area contributed by atoms with E-state index in [0.29, 0.717) is 42.1 Å². The molecular weight excluding hydrogens is 510 g/mol. The summed E-state index contributed by atoms with van der Waals surface area (Å²) in [6.07, 6.45) is 7.18. The van der Waals surface area contributed by atoms with E-state index in [0.717, 1.165) is 11.1 Å². The van der Waals surface area contributed by atoms with E-state index in [1.54, 1.807) is 26.1 Å². The van der Waals surface area contributed by atoms with Gasteiger partial charge >= 0.3 is 6.09 Å². The van der Waals surface area contributed by atoms with Crippen molar-refractivity contribution in [2.24, 2.45) is 5.92 Å². The molecule has 208 valence electrons. The SMILES string of the molecule is CNO[C@@]12C/C=C/C=C(\C)Cc3cc(OC)c(Cl)c(c3)N(C)C(=O)CCC3(C)OC3C(C)C(C1)OC(=O)N2. The summed E-state index contributed by atoms with van der Waals surface area (Å²) in [5, 5.41) is 3.26. The largest absolute Gasteiger partial charge is 0.495 e. The third kappa shape index (κ3) is 6.01. The lowest BCUT2D eigenvalue weighted by Gasteiger charge is -2.41. The van der Waals surface area contributed by atoms with Gasteiger partial charge in [0.2, 0.25) is 5.91 Å². The van der Waals surface area contributed by atoms with Crippen molar-refractivity contribution in [3.05, 3.63) is 46.5 Å². The first kappa shape index (κ1) is 28.4. The Balaban J connectivity index is 1.68. The number of anilines is 1. The maximum absolute atomic E-state index is 13.2. The lowest BCUT2D eigenvalue weighted by atomic mass is 9.85. The van der Waals surface area contributed by atoms with Crippen molar-refractivity contribution in [1.82, 2.24) is 10.8 Å². The fourth-order valence-electron chi connectivity index (χ4n) is 5.48. The Kier molecular flexibility index (Phi) is 8.42. The zero-order valence-electron chi connectivity index (χ0n) is 22.9. The Hall–Kier alpha value is -2.59. The molecule has 0 aliphatic carbocycles. The topological polar surface area (TPSA) is 102 Å². The van der Waals surface area contributed by atoms with Gasteiger partial charge in [-0.05, 0) is 44.4 Å². The van der Waals surface area contributed by atoms with E-state index in [4.69, 9.17) is 30.6 Å². The molecule has 1 aromatic rings. The van der Waals surface area contributed by atoms with Crippen LogP contribution >= 0.6 is 11.6 Å². The van der Waals surface area contributed by atoms with E-state index in [-0.39, 0.29) is 24.3 Å². The number of hydrogen-bond donors (Lipinski definition) is 2. The number of carbonyl (C=O) groups is 2. The molecule has 5 atom stereocenters. The average molecular weight is 548 g/mol. The predicted octanol–water partition coefficient (Wildman–Crippen LogP) is 4.68. The highest BCUT2D eigenvalue weighted by molar-refractivity contribution is 6.35. The predicted molar refractivity (Wildman–Crippen MR) is 145 cm³/mol. The van der Waals surface area contributed by atoms with Crippen LogP contribution in [0.2, 0.25) is 5.02 Å². The highest BCUT2D eigenvalue weighted by Crippen LogP contribution is 2.48. The van der Waals surface area contributed by atoms with Crippen LogP contribution < -0.4 is 20.4 Å². The van der Waals surface area contributed by atoms with E-state index >= 15 is 0 Å². The number of amides is 2. The van der Waals surface area contributed by atoms with Crippen molar-refractivity contribution < 1.29 is 28.6 Å². The number of methoxy groups -OCH3 is 1. The van der Waals surface area contributed by atoms with Crippen LogP contribution in [0, 0.1) is 5.92 Å². The second-order valence-corrected chi connectivity index (χ2v) is 11.1. The van der Waals surface area contributed by atoms with E-state index in [1.807, 2.05) is 51.1 Å². The Morgan fingerprint density at radius 2 is 2.05 bits per heavy atom. The number of ether oxygens (including phenoxy) is 3. The molecule has 38 heavy (non-hydrogen) atoms. The monoisotopic (exact) mass is 547 g/mol.